The lowest BCUT2D eigenvalue weighted by Gasteiger charge is -2.19. The highest BCUT2D eigenvalue weighted by molar-refractivity contribution is 6.03. The molecule has 0 atom stereocenters. The summed E-state index contributed by atoms with van der Waals surface area (Å²) in [6.45, 7) is 0.816. The van der Waals surface area contributed by atoms with Crippen LogP contribution in [0.3, 0.4) is 0 Å². The van der Waals surface area contributed by atoms with E-state index in [0.29, 0.717) is 0 Å². The second-order valence-corrected chi connectivity index (χ2v) is 6.01. The van der Waals surface area contributed by atoms with Crippen molar-refractivity contribution in [2.45, 2.75) is 6.42 Å². The Kier molecular flexibility index (Phi) is 4.08. The van der Waals surface area contributed by atoms with Gasteiger partial charge in [0, 0.05) is 30.2 Å². The Morgan fingerprint density at radius 2 is 1.92 bits per heavy atom. The van der Waals surface area contributed by atoms with Gasteiger partial charge in [0.25, 0.3) is 5.91 Å². The molecule has 4 rings (SSSR count). The molecule has 130 valence electrons. The largest absolute Gasteiger partial charge is 0.341 e. The van der Waals surface area contributed by atoms with Crippen molar-refractivity contribution in [3.05, 3.63) is 83.7 Å². The Morgan fingerprint density at radius 1 is 1.08 bits per heavy atom. The van der Waals surface area contributed by atoms with E-state index in [2.05, 4.69) is 21.3 Å². The normalized spacial score (nSPS) is 12.8. The minimum absolute atomic E-state index is 0.0879. The number of nitrogens with zero attached hydrogens (tertiary/aromatic N) is 2. The Bertz CT molecular complexity index is 990. The van der Waals surface area contributed by atoms with E-state index in [1.54, 1.807) is 12.3 Å². The lowest BCUT2D eigenvalue weighted by Crippen LogP contribution is -2.17. The highest BCUT2D eigenvalue weighted by atomic mass is 19.1. The van der Waals surface area contributed by atoms with Crippen molar-refractivity contribution in [3.8, 4) is 0 Å². The molecule has 26 heavy (non-hydrogen) atoms. The zero-order valence-corrected chi connectivity index (χ0v) is 13.7. The number of carbonyl (C=O) groups is 1. The van der Waals surface area contributed by atoms with Crippen LogP contribution in [-0.4, -0.2) is 17.4 Å². The number of hydrogen-bond acceptors (Lipinski definition) is 3. The van der Waals surface area contributed by atoms with Gasteiger partial charge in [-0.3, -0.25) is 9.78 Å². The standard InChI is InChI=1S/C20H15F2N3O/c21-14-5-6-17(16(22)11-14)24-20(26)18-12-15(7-9-23-18)25-10-8-13-3-1-2-4-19(13)25/h1-7,9,11-12H,8,10H2,(H,24,26). The first-order valence-corrected chi connectivity index (χ1v) is 8.20. The molecule has 1 aliphatic rings. The molecule has 1 aliphatic heterocycles. The summed E-state index contributed by atoms with van der Waals surface area (Å²) in [6.07, 6.45) is 2.48. The predicted octanol–water partition coefficient (Wildman–Crippen LogP) is 4.31. The van der Waals surface area contributed by atoms with Crippen LogP contribution < -0.4 is 10.2 Å². The smallest absolute Gasteiger partial charge is 0.274 e. The highest BCUT2D eigenvalue weighted by Gasteiger charge is 2.21. The van der Waals surface area contributed by atoms with Crippen LogP contribution >= 0.6 is 0 Å². The van der Waals surface area contributed by atoms with Gasteiger partial charge in [-0.1, -0.05) is 18.2 Å². The third-order valence-corrected chi connectivity index (χ3v) is 4.35. The van der Waals surface area contributed by atoms with Crippen LogP contribution in [0.15, 0.2) is 60.8 Å². The maximum atomic E-state index is 13.7. The summed E-state index contributed by atoms with van der Waals surface area (Å²) < 4.78 is 26.7. The molecule has 3 aromatic rings. The van der Waals surface area contributed by atoms with Crippen molar-refractivity contribution in [1.82, 2.24) is 4.98 Å². The molecule has 0 unspecified atom stereocenters. The minimum Gasteiger partial charge on any atom is -0.341 e. The van der Waals surface area contributed by atoms with Crippen molar-refractivity contribution < 1.29 is 13.6 Å². The molecule has 0 saturated heterocycles. The summed E-state index contributed by atoms with van der Waals surface area (Å²) in [7, 11) is 0. The van der Waals surface area contributed by atoms with Gasteiger partial charge >= 0.3 is 0 Å². The number of anilines is 3. The van der Waals surface area contributed by atoms with Crippen LogP contribution in [0.4, 0.5) is 25.8 Å². The third-order valence-electron chi connectivity index (χ3n) is 4.35. The van der Waals surface area contributed by atoms with E-state index in [0.717, 1.165) is 36.5 Å². The predicted molar refractivity (Wildman–Crippen MR) is 95.7 cm³/mol. The summed E-state index contributed by atoms with van der Waals surface area (Å²) in [6, 6.07) is 14.6. The van der Waals surface area contributed by atoms with E-state index >= 15 is 0 Å². The van der Waals surface area contributed by atoms with Crippen LogP contribution in [0.25, 0.3) is 0 Å². The number of aromatic nitrogens is 1. The number of fused-ring (bicyclic) bond motifs is 1. The quantitative estimate of drug-likeness (QED) is 0.765. The first-order chi connectivity index (χ1) is 12.6. The van der Waals surface area contributed by atoms with Crippen molar-refractivity contribution in [2.24, 2.45) is 0 Å². The Hall–Kier alpha value is -3.28. The number of carbonyl (C=O) groups excluding carboxylic acids is 1. The van der Waals surface area contributed by atoms with Gasteiger partial charge in [0.05, 0.1) is 5.69 Å². The number of halogens is 2. The molecule has 0 saturated carbocycles. The van der Waals surface area contributed by atoms with Gasteiger partial charge in [0.1, 0.15) is 17.3 Å². The topological polar surface area (TPSA) is 45.2 Å². The average molecular weight is 351 g/mol. The van der Waals surface area contributed by atoms with Crippen LogP contribution in [0.5, 0.6) is 0 Å². The molecule has 0 radical (unpaired) electrons. The van der Waals surface area contributed by atoms with E-state index in [-0.39, 0.29) is 11.4 Å². The first-order valence-electron chi connectivity index (χ1n) is 8.20. The Balaban J connectivity index is 1.59. The number of pyridine rings is 1. The van der Waals surface area contributed by atoms with Gasteiger partial charge in [-0.15, -0.1) is 0 Å². The second-order valence-electron chi connectivity index (χ2n) is 6.01. The number of benzene rings is 2. The summed E-state index contributed by atoms with van der Waals surface area (Å²) in [5.41, 5.74) is 3.28. The zero-order chi connectivity index (χ0) is 18.1. The van der Waals surface area contributed by atoms with Gasteiger partial charge in [0.15, 0.2) is 0 Å². The van der Waals surface area contributed by atoms with Crippen LogP contribution in [-0.2, 0) is 6.42 Å². The molecule has 0 bridgehead atoms. The number of para-hydroxylation sites is 1. The second kappa shape index (κ2) is 6.55. The lowest BCUT2D eigenvalue weighted by atomic mass is 10.2. The summed E-state index contributed by atoms with van der Waals surface area (Å²) >= 11 is 0. The zero-order valence-electron chi connectivity index (χ0n) is 13.7. The van der Waals surface area contributed by atoms with Crippen LogP contribution in [0.2, 0.25) is 0 Å². The molecule has 1 aromatic heterocycles. The van der Waals surface area contributed by atoms with Crippen molar-refractivity contribution >= 4 is 23.0 Å². The van der Waals surface area contributed by atoms with Crippen LogP contribution in [0, 0.1) is 11.6 Å². The molecule has 0 spiro atoms. The highest BCUT2D eigenvalue weighted by Crippen LogP contribution is 2.34. The van der Waals surface area contributed by atoms with E-state index in [1.165, 1.54) is 11.6 Å². The molecule has 4 nitrogen and oxygen atoms in total. The van der Waals surface area contributed by atoms with Gasteiger partial charge in [-0.05, 0) is 42.3 Å². The maximum Gasteiger partial charge on any atom is 0.274 e. The molecule has 2 aromatic carbocycles. The molecular formula is C20H15F2N3O. The molecule has 0 aliphatic carbocycles. The summed E-state index contributed by atoms with van der Waals surface area (Å²) in [5, 5.41) is 2.43. The lowest BCUT2D eigenvalue weighted by molar-refractivity contribution is 0.102. The van der Waals surface area contributed by atoms with Crippen molar-refractivity contribution in [3.63, 3.8) is 0 Å². The summed E-state index contributed by atoms with van der Waals surface area (Å²) in [4.78, 5) is 18.6. The molecule has 0 fully saturated rings. The average Bonchev–Trinajstić information content (AvgIpc) is 3.08. The fraction of sp³-hybridized carbons (Fsp3) is 0.100. The van der Waals surface area contributed by atoms with Gasteiger partial charge in [-0.2, -0.15) is 0 Å². The monoisotopic (exact) mass is 351 g/mol. The molecule has 1 N–H and O–H groups in total. The van der Waals surface area contributed by atoms with Crippen molar-refractivity contribution in [2.75, 3.05) is 16.8 Å². The fourth-order valence-electron chi connectivity index (χ4n) is 3.10. The summed E-state index contributed by atoms with van der Waals surface area (Å²) in [5.74, 6) is -2.08. The molecule has 1 amide bonds. The maximum absolute atomic E-state index is 13.7. The Labute approximate surface area is 149 Å². The van der Waals surface area contributed by atoms with E-state index in [4.69, 9.17) is 0 Å². The van der Waals surface area contributed by atoms with Gasteiger partial charge in [-0.25, -0.2) is 8.78 Å². The number of rotatable bonds is 3. The number of amides is 1. The Morgan fingerprint density at radius 3 is 2.77 bits per heavy atom. The molecule has 2 heterocycles. The van der Waals surface area contributed by atoms with Gasteiger partial charge < -0.3 is 10.2 Å². The molecule has 6 heteroatoms. The van der Waals surface area contributed by atoms with E-state index < -0.39 is 17.5 Å². The fourth-order valence-corrected chi connectivity index (χ4v) is 3.10. The SMILES string of the molecule is O=C(Nc1ccc(F)cc1F)c1cc(N2CCc3ccccc32)ccn1. The third kappa shape index (κ3) is 3.01. The van der Waals surface area contributed by atoms with Gasteiger partial charge in [0.2, 0.25) is 0 Å². The molecular weight excluding hydrogens is 336 g/mol. The number of nitrogens with one attached hydrogen (secondary N) is 1. The first kappa shape index (κ1) is 16.2. The minimum atomic E-state index is -0.831. The van der Waals surface area contributed by atoms with E-state index in [1.807, 2.05) is 24.3 Å². The number of hydrogen-bond donors (Lipinski definition) is 1. The van der Waals surface area contributed by atoms with Crippen molar-refractivity contribution in [1.29, 1.82) is 0 Å². The van der Waals surface area contributed by atoms with Crippen LogP contribution in [0.1, 0.15) is 16.1 Å². The van der Waals surface area contributed by atoms with E-state index in [9.17, 15) is 13.6 Å².